The molecule has 0 radical (unpaired) electrons. The molecule has 0 bridgehead atoms. The van der Waals surface area contributed by atoms with Crippen LogP contribution in [0.2, 0.25) is 0 Å². The van der Waals surface area contributed by atoms with E-state index in [0.717, 1.165) is 16.4 Å². The van der Waals surface area contributed by atoms with E-state index in [4.69, 9.17) is 0 Å². The Morgan fingerprint density at radius 3 is 1.73 bits per heavy atom. The second-order valence-electron chi connectivity index (χ2n) is 6.23. The third kappa shape index (κ3) is 4.84. The summed E-state index contributed by atoms with van der Waals surface area (Å²) in [6, 6.07) is 13.2. The molecule has 0 unspecified atom stereocenters. The van der Waals surface area contributed by atoms with Gasteiger partial charge in [-0.15, -0.1) is 0 Å². The van der Waals surface area contributed by atoms with Crippen molar-refractivity contribution in [2.75, 3.05) is 0 Å². The molecule has 0 aliphatic carbocycles. The molecule has 0 aromatic heterocycles. The Balaban J connectivity index is 2.04. The molecule has 0 heterocycles. The maximum Gasteiger partial charge on any atom is 0.420 e. The number of hydrazine groups is 1. The van der Waals surface area contributed by atoms with Gasteiger partial charge in [0.25, 0.3) is 5.91 Å². The number of alkyl halides is 6. The van der Waals surface area contributed by atoms with Crippen molar-refractivity contribution >= 4 is 11.9 Å². The number of carbonyl (C=O) groups excluding carboxylic acids is 2. The normalized spacial score (nSPS) is 12.2. The average molecular weight is 433 g/mol. The molecule has 0 fully saturated rings. The Hall–Kier alpha value is -3.24. The maximum absolute atomic E-state index is 13.0. The van der Waals surface area contributed by atoms with Crippen molar-refractivity contribution in [3.8, 4) is 11.1 Å². The van der Waals surface area contributed by atoms with Crippen LogP contribution in [-0.4, -0.2) is 29.8 Å². The zero-order valence-corrected chi connectivity index (χ0v) is 15.5. The van der Waals surface area contributed by atoms with Crippen molar-refractivity contribution in [2.24, 2.45) is 0 Å². The largest absolute Gasteiger partial charge is 0.420 e. The average Bonchev–Trinajstić information content (AvgIpc) is 2.69. The summed E-state index contributed by atoms with van der Waals surface area (Å²) in [7, 11) is 0. The quantitative estimate of drug-likeness (QED) is 0.488. The minimum atomic E-state index is -5.80. The highest BCUT2D eigenvalue weighted by atomic mass is 19.4. The summed E-state index contributed by atoms with van der Waals surface area (Å²) in [6.07, 6.45) is -13.1. The number of hydrogen-bond donors (Lipinski definition) is 3. The molecule has 11 heteroatoms. The standard InChI is InChI=1S/C19H17F6N3O2/c1-2-17(18(20,21)22,19(23,24)25)26-16(30)28-27-15(29)14-10-8-13(9-11-14)12-6-4-3-5-7-12/h3-11H,2H2,1H3,(H,27,29)(H2,26,28,30). The Morgan fingerprint density at radius 1 is 0.767 bits per heavy atom. The summed E-state index contributed by atoms with van der Waals surface area (Å²) in [5, 5.41) is 0.883. The fourth-order valence-electron chi connectivity index (χ4n) is 2.65. The second-order valence-corrected chi connectivity index (χ2v) is 6.23. The number of amides is 3. The lowest BCUT2D eigenvalue weighted by atomic mass is 9.94. The van der Waals surface area contributed by atoms with Gasteiger partial charge in [0.1, 0.15) is 0 Å². The predicted octanol–water partition coefficient (Wildman–Crippen LogP) is 4.57. The fourth-order valence-corrected chi connectivity index (χ4v) is 2.65. The fraction of sp³-hybridized carbons (Fsp3) is 0.263. The first-order valence-electron chi connectivity index (χ1n) is 8.58. The SMILES string of the molecule is CCC(NC(=O)NNC(=O)c1ccc(-c2ccccc2)cc1)(C(F)(F)F)C(F)(F)F. The molecule has 0 saturated carbocycles. The van der Waals surface area contributed by atoms with Crippen LogP contribution in [0.3, 0.4) is 0 Å². The third-order valence-electron chi connectivity index (χ3n) is 4.37. The molecule has 162 valence electrons. The smallest absolute Gasteiger partial charge is 0.315 e. The highest BCUT2D eigenvalue weighted by molar-refractivity contribution is 5.95. The first kappa shape index (κ1) is 23.0. The number of benzene rings is 2. The summed E-state index contributed by atoms with van der Waals surface area (Å²) in [6.45, 7) is 0.633. The molecule has 0 spiro atoms. The van der Waals surface area contributed by atoms with Crippen molar-refractivity contribution in [3.05, 3.63) is 60.2 Å². The second kappa shape index (κ2) is 8.64. The molecule has 3 N–H and O–H groups in total. The van der Waals surface area contributed by atoms with E-state index < -0.39 is 36.3 Å². The molecule has 5 nitrogen and oxygen atoms in total. The van der Waals surface area contributed by atoms with E-state index in [1.165, 1.54) is 17.6 Å². The Labute approximate surface area is 167 Å². The summed E-state index contributed by atoms with van der Waals surface area (Å²) >= 11 is 0. The van der Waals surface area contributed by atoms with Gasteiger partial charge in [0.15, 0.2) is 0 Å². The molecule has 3 amide bonds. The van der Waals surface area contributed by atoms with Gasteiger partial charge >= 0.3 is 18.4 Å². The Bertz CT molecular complexity index is 866. The zero-order valence-electron chi connectivity index (χ0n) is 15.5. The minimum absolute atomic E-state index is 0.0309. The zero-order chi connectivity index (χ0) is 22.6. The van der Waals surface area contributed by atoms with E-state index in [0.29, 0.717) is 6.92 Å². The van der Waals surface area contributed by atoms with Crippen LogP contribution < -0.4 is 16.2 Å². The van der Waals surface area contributed by atoms with Gasteiger partial charge < -0.3 is 5.32 Å². The molecule has 0 aliphatic rings. The van der Waals surface area contributed by atoms with E-state index in [-0.39, 0.29) is 5.56 Å². The molecule has 2 aromatic carbocycles. The number of nitrogens with one attached hydrogen (secondary N) is 3. The topological polar surface area (TPSA) is 70.2 Å². The van der Waals surface area contributed by atoms with Crippen LogP contribution in [0.25, 0.3) is 11.1 Å². The number of carbonyl (C=O) groups is 2. The molecular formula is C19H17F6N3O2. The van der Waals surface area contributed by atoms with Crippen LogP contribution >= 0.6 is 0 Å². The van der Waals surface area contributed by atoms with E-state index in [1.54, 1.807) is 17.6 Å². The van der Waals surface area contributed by atoms with Crippen LogP contribution in [0, 0.1) is 0 Å². The van der Waals surface area contributed by atoms with Gasteiger partial charge in [0.05, 0.1) is 0 Å². The summed E-state index contributed by atoms with van der Waals surface area (Å²) < 4.78 is 78.1. The highest BCUT2D eigenvalue weighted by Gasteiger charge is 2.70. The first-order chi connectivity index (χ1) is 13.9. The van der Waals surface area contributed by atoms with Gasteiger partial charge in [-0.25, -0.2) is 10.2 Å². The van der Waals surface area contributed by atoms with Gasteiger partial charge in [0.2, 0.25) is 5.54 Å². The molecule has 2 aromatic rings. The van der Waals surface area contributed by atoms with Crippen molar-refractivity contribution < 1.29 is 35.9 Å². The first-order valence-corrected chi connectivity index (χ1v) is 8.58. The number of rotatable bonds is 4. The molecule has 30 heavy (non-hydrogen) atoms. The summed E-state index contributed by atoms with van der Waals surface area (Å²) in [5.41, 5.74) is 0.513. The molecular weight excluding hydrogens is 416 g/mol. The lowest BCUT2D eigenvalue weighted by Crippen LogP contribution is -2.69. The lowest BCUT2D eigenvalue weighted by molar-refractivity contribution is -0.304. The van der Waals surface area contributed by atoms with Crippen LogP contribution in [0.4, 0.5) is 31.1 Å². The van der Waals surface area contributed by atoms with Gasteiger partial charge in [-0.3, -0.25) is 10.2 Å². The third-order valence-corrected chi connectivity index (χ3v) is 4.37. The predicted molar refractivity (Wildman–Crippen MR) is 96.1 cm³/mol. The van der Waals surface area contributed by atoms with Crippen LogP contribution in [-0.2, 0) is 0 Å². The van der Waals surface area contributed by atoms with Gasteiger partial charge in [-0.05, 0) is 29.7 Å². The maximum atomic E-state index is 13.0. The lowest BCUT2D eigenvalue weighted by Gasteiger charge is -2.36. The molecule has 0 aliphatic heterocycles. The van der Waals surface area contributed by atoms with E-state index in [2.05, 4.69) is 0 Å². The Kier molecular flexibility index (Phi) is 6.63. The molecule has 2 rings (SSSR count). The number of halogens is 6. The van der Waals surface area contributed by atoms with E-state index >= 15 is 0 Å². The minimum Gasteiger partial charge on any atom is -0.315 e. The number of hydrogen-bond acceptors (Lipinski definition) is 2. The van der Waals surface area contributed by atoms with E-state index in [1.807, 2.05) is 30.3 Å². The van der Waals surface area contributed by atoms with Crippen molar-refractivity contribution in [1.29, 1.82) is 0 Å². The number of urea groups is 1. The van der Waals surface area contributed by atoms with E-state index in [9.17, 15) is 35.9 Å². The monoisotopic (exact) mass is 433 g/mol. The van der Waals surface area contributed by atoms with Gasteiger partial charge in [-0.2, -0.15) is 26.3 Å². The van der Waals surface area contributed by atoms with Crippen molar-refractivity contribution in [1.82, 2.24) is 16.2 Å². The summed E-state index contributed by atoms with van der Waals surface area (Å²) in [4.78, 5) is 23.7. The summed E-state index contributed by atoms with van der Waals surface area (Å²) in [5.74, 6) is -0.925. The molecule has 0 atom stereocenters. The highest BCUT2D eigenvalue weighted by Crippen LogP contribution is 2.45. The molecule has 0 saturated heterocycles. The van der Waals surface area contributed by atoms with Crippen LogP contribution in [0.1, 0.15) is 23.7 Å². The van der Waals surface area contributed by atoms with Crippen LogP contribution in [0.5, 0.6) is 0 Å². The Morgan fingerprint density at radius 2 is 1.27 bits per heavy atom. The van der Waals surface area contributed by atoms with Crippen molar-refractivity contribution in [2.45, 2.75) is 31.2 Å². The van der Waals surface area contributed by atoms with Gasteiger partial charge in [-0.1, -0.05) is 49.4 Å². The van der Waals surface area contributed by atoms with Gasteiger partial charge in [0, 0.05) is 5.56 Å². The van der Waals surface area contributed by atoms with Crippen LogP contribution in [0.15, 0.2) is 54.6 Å². The van der Waals surface area contributed by atoms with Crippen molar-refractivity contribution in [3.63, 3.8) is 0 Å².